The van der Waals surface area contributed by atoms with Crippen molar-refractivity contribution in [1.29, 1.82) is 0 Å². The first kappa shape index (κ1) is 39.5. The summed E-state index contributed by atoms with van der Waals surface area (Å²) in [5.74, 6) is 0. The molecule has 0 spiro atoms. The van der Waals surface area contributed by atoms with E-state index in [2.05, 4.69) is 0 Å². The van der Waals surface area contributed by atoms with Gasteiger partial charge < -0.3 is 5.71 Å². The molecule has 24 valence electrons. The van der Waals surface area contributed by atoms with Gasteiger partial charge in [0, 0.05) is 0 Å². The van der Waals surface area contributed by atoms with Gasteiger partial charge in [-0.15, -0.1) is 0 Å². The van der Waals surface area contributed by atoms with Crippen molar-refractivity contribution in [2.75, 3.05) is 0 Å². The van der Waals surface area contributed by atoms with Gasteiger partial charge in [0.15, 0.2) is 0 Å². The van der Waals surface area contributed by atoms with Crippen LogP contribution in [0.5, 0.6) is 0 Å². The molecule has 0 aromatic heterocycles. The molecular formula is H6CaF2Mg. The van der Waals surface area contributed by atoms with E-state index in [0.29, 0.717) is 0 Å². The Morgan fingerprint density at radius 1 is 1.00 bits per heavy atom. The Labute approximate surface area is 75.2 Å². The second kappa shape index (κ2) is 20.7. The van der Waals surface area contributed by atoms with Crippen molar-refractivity contribution >= 4 is 60.8 Å². The number of hydrogen-bond acceptors (Lipinski definition) is 0. The summed E-state index contributed by atoms with van der Waals surface area (Å²) in [6, 6.07) is 0. The molecule has 0 aromatic carbocycles. The Morgan fingerprint density at radius 2 is 1.00 bits per heavy atom. The molecule has 0 aromatic rings. The second-order valence-corrected chi connectivity index (χ2v) is 0. The third-order valence-electron chi connectivity index (χ3n) is 0. The molecule has 0 amide bonds. The van der Waals surface area contributed by atoms with Crippen LogP contribution in [0.15, 0.2) is 0 Å². The van der Waals surface area contributed by atoms with Gasteiger partial charge in [-0.3, -0.25) is 9.41 Å². The van der Waals surface area contributed by atoms with Crippen molar-refractivity contribution in [2.45, 2.75) is 0 Å². The number of hydrogen-bond donors (Lipinski definition) is 0. The third kappa shape index (κ3) is 9.10. The van der Waals surface area contributed by atoms with Crippen LogP contribution in [-0.2, 0) is 0 Å². The maximum Gasteiger partial charge on any atom is 2.00 e. The molecule has 4 heavy (non-hydrogen) atoms. The maximum absolute atomic E-state index is 0. The zero-order valence-electron chi connectivity index (χ0n) is 6.23. The van der Waals surface area contributed by atoms with Crippen molar-refractivity contribution in [2.24, 2.45) is 0 Å². The minimum Gasteiger partial charge on any atom is -1.00 e. The standard InChI is InChI=1S/Ca.2FH.Mg.4H/h;2*1H;;;;;/q+2;;;+2;4*-1. The zero-order chi connectivity index (χ0) is 0. The first-order chi connectivity index (χ1) is 0. The summed E-state index contributed by atoms with van der Waals surface area (Å²) in [5.41, 5.74) is 0. The fourth-order valence-corrected chi connectivity index (χ4v) is 0. The molecule has 4 heteroatoms. The Balaban J connectivity index is 0. The molecule has 0 N–H and O–H groups in total. The van der Waals surface area contributed by atoms with Crippen LogP contribution in [0.1, 0.15) is 5.71 Å². The Bertz CT molecular complexity index is 14.0. The van der Waals surface area contributed by atoms with E-state index in [4.69, 9.17) is 0 Å². The number of rotatable bonds is 0. The van der Waals surface area contributed by atoms with E-state index in [-0.39, 0.29) is 75.9 Å². The molecule has 0 saturated carbocycles. The molecule has 0 bridgehead atoms. The molecular weight excluding hydrogens is 102 g/mol. The molecule has 0 fully saturated rings. The Hall–Kier alpha value is 1.89. The first-order valence-corrected chi connectivity index (χ1v) is 0. The van der Waals surface area contributed by atoms with Crippen LogP contribution in [0.3, 0.4) is 0 Å². The summed E-state index contributed by atoms with van der Waals surface area (Å²) in [6.45, 7) is 0. The van der Waals surface area contributed by atoms with E-state index in [9.17, 15) is 0 Å². The summed E-state index contributed by atoms with van der Waals surface area (Å²) in [7, 11) is 0. The van der Waals surface area contributed by atoms with Crippen molar-refractivity contribution < 1.29 is 15.1 Å². The molecule has 0 aliphatic heterocycles. The predicted molar refractivity (Wildman–Crippen MR) is 21.0 cm³/mol. The molecule has 0 saturated heterocycles. The smallest absolute Gasteiger partial charge is 1.00 e. The van der Waals surface area contributed by atoms with Crippen LogP contribution in [-0.4, -0.2) is 60.8 Å². The molecule has 0 aliphatic carbocycles. The van der Waals surface area contributed by atoms with E-state index in [1.54, 1.807) is 0 Å². The van der Waals surface area contributed by atoms with Gasteiger partial charge in [-0.2, -0.15) is 0 Å². The average molecular weight is 108 g/mol. The normalized spacial score (nSPS) is 0. The van der Waals surface area contributed by atoms with Gasteiger partial charge in [0.1, 0.15) is 0 Å². The third-order valence-corrected chi connectivity index (χ3v) is 0. The van der Waals surface area contributed by atoms with E-state index < -0.39 is 0 Å². The SMILES string of the molecule is F.F.[Ca+2].[H-].[H-].[H-].[H-].[Mg+2]. The topological polar surface area (TPSA) is 0 Å². The largest absolute Gasteiger partial charge is 2.00 e. The summed E-state index contributed by atoms with van der Waals surface area (Å²) in [6.07, 6.45) is 0. The quantitative estimate of drug-likeness (QED) is 0.383. The molecule has 0 heterocycles. The van der Waals surface area contributed by atoms with Crippen molar-refractivity contribution in [3.8, 4) is 0 Å². The van der Waals surface area contributed by atoms with Crippen LogP contribution < -0.4 is 0 Å². The minimum atomic E-state index is 0. The van der Waals surface area contributed by atoms with Crippen molar-refractivity contribution in [3.63, 3.8) is 0 Å². The summed E-state index contributed by atoms with van der Waals surface area (Å²) in [4.78, 5) is 0. The average Bonchev–Trinajstić information content (AvgIpc) is 0. The molecule has 0 nitrogen and oxygen atoms in total. The molecule has 0 rings (SSSR count). The van der Waals surface area contributed by atoms with E-state index >= 15 is 0 Å². The maximum atomic E-state index is 0. The van der Waals surface area contributed by atoms with E-state index in [0.717, 1.165) is 0 Å². The molecule has 0 unspecified atom stereocenters. The van der Waals surface area contributed by atoms with Gasteiger partial charge in [-0.1, -0.05) is 0 Å². The van der Waals surface area contributed by atoms with Gasteiger partial charge in [0.2, 0.25) is 0 Å². The number of halogens is 2. The van der Waals surface area contributed by atoms with Gasteiger partial charge in [0.25, 0.3) is 0 Å². The second-order valence-electron chi connectivity index (χ2n) is 0. The van der Waals surface area contributed by atoms with Gasteiger partial charge in [-0.25, -0.2) is 0 Å². The Morgan fingerprint density at radius 3 is 1.00 bits per heavy atom. The Kier molecular flexibility index (Phi) is 205. The minimum absolute atomic E-state index is 0. The fraction of sp³-hybridized carbons (Fsp3) is 0. The molecule has 0 radical (unpaired) electrons. The van der Waals surface area contributed by atoms with Gasteiger partial charge in [-0.05, 0) is 0 Å². The first-order valence-electron chi connectivity index (χ1n) is 0. The van der Waals surface area contributed by atoms with Crippen molar-refractivity contribution in [3.05, 3.63) is 0 Å². The van der Waals surface area contributed by atoms with Crippen molar-refractivity contribution in [1.82, 2.24) is 0 Å². The van der Waals surface area contributed by atoms with Crippen LogP contribution in [0.4, 0.5) is 9.41 Å². The van der Waals surface area contributed by atoms with Crippen LogP contribution in [0, 0.1) is 0 Å². The van der Waals surface area contributed by atoms with Crippen LogP contribution >= 0.6 is 0 Å². The predicted octanol–water partition coefficient (Wildman–Crippen LogP) is -0.00660. The van der Waals surface area contributed by atoms with E-state index in [1.165, 1.54) is 0 Å². The van der Waals surface area contributed by atoms with E-state index in [1.807, 2.05) is 0 Å². The molecule has 0 atom stereocenters. The monoisotopic (exact) mass is 108 g/mol. The summed E-state index contributed by atoms with van der Waals surface area (Å²) < 4.78 is 0. The molecule has 0 aliphatic rings. The van der Waals surface area contributed by atoms with Crippen LogP contribution in [0.25, 0.3) is 0 Å². The van der Waals surface area contributed by atoms with Crippen LogP contribution in [0.2, 0.25) is 0 Å². The summed E-state index contributed by atoms with van der Waals surface area (Å²) >= 11 is 0. The van der Waals surface area contributed by atoms with Gasteiger partial charge >= 0.3 is 60.8 Å². The van der Waals surface area contributed by atoms with Gasteiger partial charge in [0.05, 0.1) is 0 Å². The summed E-state index contributed by atoms with van der Waals surface area (Å²) in [5, 5.41) is 0. The zero-order valence-corrected chi connectivity index (χ0v) is 5.85. The fourth-order valence-electron chi connectivity index (χ4n) is 0.